The Morgan fingerprint density at radius 2 is 1.86 bits per heavy atom. The monoisotopic (exact) mass is 485 g/mol. The van der Waals surface area contributed by atoms with Crippen LogP contribution in [0, 0.1) is 11.8 Å². The number of aryl methyl sites for hydroxylation is 2. The fourth-order valence-electron chi connectivity index (χ4n) is 6.74. The highest BCUT2D eigenvalue weighted by atomic mass is 16.3. The third-order valence-corrected chi connectivity index (χ3v) is 8.95. The zero-order valence-electron chi connectivity index (χ0n) is 21.0. The number of aliphatic hydroxyl groups is 1. The molecule has 6 heteroatoms. The molecule has 2 aromatic carbocycles. The lowest BCUT2D eigenvalue weighted by Gasteiger charge is -2.44. The van der Waals surface area contributed by atoms with Crippen LogP contribution in [-0.2, 0) is 24.7 Å². The lowest BCUT2D eigenvalue weighted by atomic mass is 9.72. The van der Waals surface area contributed by atoms with E-state index in [-0.39, 0.29) is 17.9 Å². The van der Waals surface area contributed by atoms with E-state index in [1.54, 1.807) is 0 Å². The number of likely N-dealkylation sites (tertiary alicyclic amines) is 1. The Kier molecular flexibility index (Phi) is 5.87. The molecule has 1 aromatic heterocycles. The molecular weight excluding hydrogens is 450 g/mol. The minimum Gasteiger partial charge on any atom is -0.380 e. The Morgan fingerprint density at radius 1 is 1.03 bits per heavy atom. The summed E-state index contributed by atoms with van der Waals surface area (Å²) in [5.41, 5.74) is 2.83. The van der Waals surface area contributed by atoms with Crippen LogP contribution in [0.2, 0.25) is 0 Å². The largest absolute Gasteiger partial charge is 0.380 e. The molecule has 3 aromatic rings. The maximum absolute atomic E-state index is 13.3. The van der Waals surface area contributed by atoms with Gasteiger partial charge in [-0.25, -0.2) is 0 Å². The SMILES string of the molecule is Cn1ccc2ccc(C(=O)N3CCC4CC(NC(=O)C5(O)CCc6ccccc6C5)CCC4C3)cc21. The zero-order chi connectivity index (χ0) is 24.9. The standard InChI is InChI=1S/C30H35N3O3/c1-32-14-11-21-6-7-23(17-27(21)32)28(34)33-15-12-22-16-26(9-8-25(22)19-33)31-29(35)30(36)13-10-20-4-2-3-5-24(20)18-30/h2-7,11,14,17,22,25-26,36H,8-10,12-13,15-16,18-19H2,1H3,(H,31,35). The maximum Gasteiger partial charge on any atom is 0.253 e. The Hall–Kier alpha value is -3.12. The van der Waals surface area contributed by atoms with Crippen molar-refractivity contribution in [3.05, 3.63) is 71.4 Å². The minimum atomic E-state index is -1.32. The molecule has 1 saturated heterocycles. The van der Waals surface area contributed by atoms with Crippen LogP contribution in [0.25, 0.3) is 10.9 Å². The zero-order valence-corrected chi connectivity index (χ0v) is 21.0. The molecule has 36 heavy (non-hydrogen) atoms. The third-order valence-electron chi connectivity index (χ3n) is 8.95. The van der Waals surface area contributed by atoms with Gasteiger partial charge in [-0.05, 0) is 85.1 Å². The first-order chi connectivity index (χ1) is 17.4. The summed E-state index contributed by atoms with van der Waals surface area (Å²) in [6, 6.07) is 16.2. The molecule has 3 aliphatic rings. The molecule has 6 rings (SSSR count). The number of piperidine rings is 1. The first-order valence-corrected chi connectivity index (χ1v) is 13.3. The van der Waals surface area contributed by atoms with Gasteiger partial charge in [0.2, 0.25) is 0 Å². The van der Waals surface area contributed by atoms with E-state index in [9.17, 15) is 14.7 Å². The van der Waals surface area contributed by atoms with Gasteiger partial charge >= 0.3 is 0 Å². The van der Waals surface area contributed by atoms with Gasteiger partial charge in [-0.2, -0.15) is 0 Å². The van der Waals surface area contributed by atoms with Crippen molar-refractivity contribution in [1.82, 2.24) is 14.8 Å². The van der Waals surface area contributed by atoms with Gasteiger partial charge in [0.1, 0.15) is 5.60 Å². The topological polar surface area (TPSA) is 74.6 Å². The van der Waals surface area contributed by atoms with Crippen molar-refractivity contribution in [3.8, 4) is 0 Å². The van der Waals surface area contributed by atoms with Crippen molar-refractivity contribution in [2.24, 2.45) is 18.9 Å². The summed E-state index contributed by atoms with van der Waals surface area (Å²) in [5, 5.41) is 15.5. The smallest absolute Gasteiger partial charge is 0.253 e. The van der Waals surface area contributed by atoms with E-state index in [4.69, 9.17) is 0 Å². The van der Waals surface area contributed by atoms with E-state index < -0.39 is 5.60 Å². The molecule has 0 spiro atoms. The average molecular weight is 486 g/mol. The number of carbonyl (C=O) groups is 2. The Morgan fingerprint density at radius 3 is 2.72 bits per heavy atom. The van der Waals surface area contributed by atoms with Gasteiger partial charge in [0.15, 0.2) is 0 Å². The van der Waals surface area contributed by atoms with E-state index in [0.29, 0.717) is 24.7 Å². The molecule has 2 aliphatic carbocycles. The van der Waals surface area contributed by atoms with Gasteiger partial charge in [0, 0.05) is 49.9 Å². The third kappa shape index (κ3) is 4.21. The van der Waals surface area contributed by atoms with Crippen molar-refractivity contribution in [1.29, 1.82) is 0 Å². The lowest BCUT2D eigenvalue weighted by molar-refractivity contribution is -0.142. The first-order valence-electron chi connectivity index (χ1n) is 13.3. The van der Waals surface area contributed by atoms with Gasteiger partial charge in [-0.15, -0.1) is 0 Å². The van der Waals surface area contributed by atoms with Crippen LogP contribution in [-0.4, -0.2) is 51.1 Å². The molecule has 0 radical (unpaired) electrons. The van der Waals surface area contributed by atoms with Gasteiger partial charge in [0.05, 0.1) is 0 Å². The summed E-state index contributed by atoms with van der Waals surface area (Å²) in [6.07, 6.45) is 7.41. The fraction of sp³-hybridized carbons (Fsp3) is 0.467. The summed E-state index contributed by atoms with van der Waals surface area (Å²) < 4.78 is 2.05. The Labute approximate surface area is 212 Å². The van der Waals surface area contributed by atoms with Gasteiger partial charge in [-0.3, -0.25) is 9.59 Å². The van der Waals surface area contributed by atoms with E-state index >= 15 is 0 Å². The lowest BCUT2D eigenvalue weighted by Crippen LogP contribution is -2.55. The summed E-state index contributed by atoms with van der Waals surface area (Å²) >= 11 is 0. The van der Waals surface area contributed by atoms with Crippen molar-refractivity contribution in [2.45, 2.75) is 56.6 Å². The molecule has 0 bridgehead atoms. The average Bonchev–Trinajstić information content (AvgIpc) is 3.27. The molecule has 2 amide bonds. The Bertz CT molecular complexity index is 1310. The van der Waals surface area contributed by atoms with Crippen LogP contribution >= 0.6 is 0 Å². The second-order valence-corrected chi connectivity index (χ2v) is 11.2. The van der Waals surface area contributed by atoms with E-state index in [1.165, 1.54) is 5.56 Å². The molecule has 188 valence electrons. The van der Waals surface area contributed by atoms with Crippen molar-refractivity contribution >= 4 is 22.7 Å². The van der Waals surface area contributed by atoms with E-state index in [2.05, 4.69) is 22.0 Å². The number of amides is 2. The first kappa shape index (κ1) is 23.3. The molecule has 4 atom stereocenters. The highest BCUT2D eigenvalue weighted by Gasteiger charge is 2.42. The maximum atomic E-state index is 13.3. The highest BCUT2D eigenvalue weighted by molar-refractivity contribution is 5.98. The minimum absolute atomic E-state index is 0.0990. The number of nitrogens with one attached hydrogen (secondary N) is 1. The fourth-order valence-corrected chi connectivity index (χ4v) is 6.74. The van der Waals surface area contributed by atoms with Crippen LogP contribution in [0.1, 0.15) is 53.6 Å². The summed E-state index contributed by atoms with van der Waals surface area (Å²) in [4.78, 5) is 28.4. The normalized spacial score (nSPS) is 27.8. The van der Waals surface area contributed by atoms with Crippen molar-refractivity contribution in [2.75, 3.05) is 13.1 Å². The van der Waals surface area contributed by atoms with E-state index in [0.717, 1.165) is 67.2 Å². The number of rotatable bonds is 3. The summed E-state index contributed by atoms with van der Waals surface area (Å²) in [7, 11) is 2.01. The second-order valence-electron chi connectivity index (χ2n) is 11.2. The van der Waals surface area contributed by atoms with Gasteiger partial charge in [-0.1, -0.05) is 30.3 Å². The number of aromatic nitrogens is 1. The second kappa shape index (κ2) is 9.07. The molecule has 2 N–H and O–H groups in total. The number of nitrogens with zero attached hydrogens (tertiary/aromatic N) is 2. The molecule has 1 aliphatic heterocycles. The van der Waals surface area contributed by atoms with Crippen LogP contribution < -0.4 is 5.32 Å². The van der Waals surface area contributed by atoms with Crippen LogP contribution in [0.4, 0.5) is 0 Å². The predicted molar refractivity (Wildman–Crippen MR) is 140 cm³/mol. The van der Waals surface area contributed by atoms with Crippen LogP contribution in [0.15, 0.2) is 54.7 Å². The molecule has 1 saturated carbocycles. The quantitative estimate of drug-likeness (QED) is 0.592. The van der Waals surface area contributed by atoms with Gasteiger partial charge < -0.3 is 19.9 Å². The van der Waals surface area contributed by atoms with Crippen molar-refractivity contribution in [3.63, 3.8) is 0 Å². The molecule has 2 heterocycles. The Balaban J connectivity index is 1.06. The van der Waals surface area contributed by atoms with Crippen LogP contribution in [0.5, 0.6) is 0 Å². The van der Waals surface area contributed by atoms with Gasteiger partial charge in [0.25, 0.3) is 11.8 Å². The summed E-state index contributed by atoms with van der Waals surface area (Å²) in [6.45, 7) is 1.54. The predicted octanol–water partition coefficient (Wildman–Crippen LogP) is 3.85. The molecule has 2 fully saturated rings. The van der Waals surface area contributed by atoms with Crippen molar-refractivity contribution < 1.29 is 14.7 Å². The van der Waals surface area contributed by atoms with E-state index in [1.807, 2.05) is 54.5 Å². The number of carbonyl (C=O) groups excluding carboxylic acids is 2. The number of benzene rings is 2. The number of hydrogen-bond donors (Lipinski definition) is 2. The molecular formula is C30H35N3O3. The molecule has 6 nitrogen and oxygen atoms in total. The summed E-state index contributed by atoms with van der Waals surface area (Å²) in [5.74, 6) is 0.875. The molecule has 4 unspecified atom stereocenters. The number of hydrogen-bond acceptors (Lipinski definition) is 3. The van der Waals surface area contributed by atoms with Crippen LogP contribution in [0.3, 0.4) is 0 Å². The number of fused-ring (bicyclic) bond motifs is 3. The highest BCUT2D eigenvalue weighted by Crippen LogP contribution is 2.37.